The van der Waals surface area contributed by atoms with Crippen LogP contribution in [-0.4, -0.2) is 27.8 Å². The molecule has 0 saturated heterocycles. The molecule has 1 aliphatic heterocycles. The van der Waals surface area contributed by atoms with Gasteiger partial charge < -0.3 is 15.0 Å². The number of nitrogens with zero attached hydrogens (tertiary/aromatic N) is 1. The zero-order valence-corrected chi connectivity index (χ0v) is 16.7. The zero-order valence-electron chi connectivity index (χ0n) is 15.1. The predicted molar refractivity (Wildman–Crippen MR) is 105 cm³/mol. The van der Waals surface area contributed by atoms with Gasteiger partial charge in [0.05, 0.1) is 23.2 Å². The van der Waals surface area contributed by atoms with E-state index in [4.69, 9.17) is 4.74 Å². The Morgan fingerprint density at radius 2 is 2.23 bits per heavy atom. The highest BCUT2D eigenvalue weighted by molar-refractivity contribution is 7.99. The van der Waals surface area contributed by atoms with Crippen LogP contribution >= 0.6 is 23.1 Å². The molecule has 138 valence electrons. The summed E-state index contributed by atoms with van der Waals surface area (Å²) in [6.07, 6.45) is -0.243. The molecular weight excluding hydrogens is 370 g/mol. The number of allylic oxidation sites excluding steroid dienone is 1. The molecule has 3 rings (SSSR count). The molecule has 8 heteroatoms. The lowest BCUT2D eigenvalue weighted by molar-refractivity contribution is -0.142. The lowest BCUT2D eigenvalue weighted by Crippen LogP contribution is -2.31. The number of hydrogen-bond donors (Lipinski definition) is 2. The summed E-state index contributed by atoms with van der Waals surface area (Å²) < 4.78 is 5.44. The summed E-state index contributed by atoms with van der Waals surface area (Å²) >= 11 is 2.97. The Labute approximate surface area is 160 Å². The van der Waals surface area contributed by atoms with Gasteiger partial charge in [-0.25, -0.2) is 9.78 Å². The van der Waals surface area contributed by atoms with E-state index in [0.29, 0.717) is 27.8 Å². The Balaban J connectivity index is 2.17. The van der Waals surface area contributed by atoms with Crippen LogP contribution in [0.2, 0.25) is 0 Å². The predicted octanol–water partition coefficient (Wildman–Crippen LogP) is 3.73. The smallest absolute Gasteiger partial charge is 0.337 e. The Hall–Kier alpha value is -2.06. The Bertz CT molecular complexity index is 901. The fraction of sp³-hybridized carbons (Fsp3) is 0.389. The summed E-state index contributed by atoms with van der Waals surface area (Å²) in [6, 6.07) is 3.83. The van der Waals surface area contributed by atoms with Crippen molar-refractivity contribution in [2.24, 2.45) is 0 Å². The van der Waals surface area contributed by atoms with Crippen LogP contribution in [0.4, 0.5) is 5.82 Å². The van der Waals surface area contributed by atoms with E-state index in [1.165, 1.54) is 23.1 Å². The molecule has 2 aromatic heterocycles. The van der Waals surface area contributed by atoms with Gasteiger partial charge in [0.15, 0.2) is 5.16 Å². The van der Waals surface area contributed by atoms with Gasteiger partial charge in [-0.3, -0.25) is 4.79 Å². The van der Waals surface area contributed by atoms with Crippen molar-refractivity contribution in [3.63, 3.8) is 0 Å². The topological polar surface area (TPSA) is 84.1 Å². The largest absolute Gasteiger partial charge is 0.460 e. The van der Waals surface area contributed by atoms with Crippen LogP contribution in [0.1, 0.15) is 44.1 Å². The number of ether oxygens (including phenoxy) is 1. The van der Waals surface area contributed by atoms with E-state index in [9.17, 15) is 9.59 Å². The second kappa shape index (κ2) is 7.67. The molecule has 3 heterocycles. The Morgan fingerprint density at radius 1 is 1.46 bits per heavy atom. The van der Waals surface area contributed by atoms with Crippen molar-refractivity contribution in [2.75, 3.05) is 11.1 Å². The fourth-order valence-corrected chi connectivity index (χ4v) is 4.36. The lowest BCUT2D eigenvalue weighted by atomic mass is 9.86. The summed E-state index contributed by atoms with van der Waals surface area (Å²) in [4.78, 5) is 33.9. The SMILES string of the molecule is CCSc1nc2c(c(=O)[nH]1)C(c1cccs1)C(C(=O)OC(C)C)=C(C)N2. The molecule has 1 unspecified atom stereocenters. The van der Waals surface area contributed by atoms with Crippen molar-refractivity contribution in [1.82, 2.24) is 9.97 Å². The summed E-state index contributed by atoms with van der Waals surface area (Å²) in [5.74, 6) is 0.397. The number of carbonyl (C=O) groups is 1. The minimum absolute atomic E-state index is 0.237. The average Bonchev–Trinajstić information content (AvgIpc) is 3.07. The first kappa shape index (κ1) is 18.7. The maximum absolute atomic E-state index is 12.8. The fourth-order valence-electron chi connectivity index (χ4n) is 2.92. The summed E-state index contributed by atoms with van der Waals surface area (Å²) in [5.41, 5.74) is 1.33. The highest BCUT2D eigenvalue weighted by atomic mass is 32.2. The molecule has 2 aromatic rings. The van der Waals surface area contributed by atoms with Gasteiger partial charge in [-0.2, -0.15) is 0 Å². The van der Waals surface area contributed by atoms with Crippen LogP contribution in [0.5, 0.6) is 0 Å². The maximum atomic E-state index is 12.8. The molecular formula is C18H21N3O3S2. The molecule has 1 atom stereocenters. The van der Waals surface area contributed by atoms with Gasteiger partial charge in [0.25, 0.3) is 5.56 Å². The third kappa shape index (κ3) is 3.57. The molecule has 0 radical (unpaired) electrons. The molecule has 0 spiro atoms. The molecule has 0 aliphatic carbocycles. The highest BCUT2D eigenvalue weighted by Crippen LogP contribution is 2.41. The van der Waals surface area contributed by atoms with Gasteiger partial charge in [-0.1, -0.05) is 24.8 Å². The normalized spacial score (nSPS) is 16.4. The van der Waals surface area contributed by atoms with E-state index in [-0.39, 0.29) is 11.7 Å². The van der Waals surface area contributed by atoms with Crippen molar-refractivity contribution >= 4 is 34.9 Å². The number of aromatic amines is 1. The van der Waals surface area contributed by atoms with Crippen LogP contribution in [0.15, 0.2) is 38.7 Å². The second-order valence-electron chi connectivity index (χ2n) is 6.13. The van der Waals surface area contributed by atoms with Crippen molar-refractivity contribution in [1.29, 1.82) is 0 Å². The first-order valence-electron chi connectivity index (χ1n) is 8.41. The van der Waals surface area contributed by atoms with Crippen LogP contribution in [0.3, 0.4) is 0 Å². The van der Waals surface area contributed by atoms with Crippen LogP contribution in [0.25, 0.3) is 0 Å². The van der Waals surface area contributed by atoms with Crippen molar-refractivity contribution in [2.45, 2.75) is 44.9 Å². The minimum Gasteiger partial charge on any atom is -0.460 e. The Morgan fingerprint density at radius 3 is 2.85 bits per heavy atom. The number of thioether (sulfide) groups is 1. The van der Waals surface area contributed by atoms with E-state index < -0.39 is 11.9 Å². The van der Waals surface area contributed by atoms with Crippen molar-refractivity contribution < 1.29 is 9.53 Å². The van der Waals surface area contributed by atoms with Crippen LogP contribution < -0.4 is 10.9 Å². The monoisotopic (exact) mass is 391 g/mol. The number of anilines is 1. The zero-order chi connectivity index (χ0) is 18.8. The van der Waals surface area contributed by atoms with E-state index >= 15 is 0 Å². The second-order valence-corrected chi connectivity index (χ2v) is 8.36. The number of hydrogen-bond acceptors (Lipinski definition) is 7. The minimum atomic E-state index is -0.491. The maximum Gasteiger partial charge on any atom is 0.337 e. The third-order valence-corrected chi connectivity index (χ3v) is 5.58. The molecule has 2 N–H and O–H groups in total. The molecule has 1 aliphatic rings. The number of nitrogens with one attached hydrogen (secondary N) is 2. The molecule has 0 bridgehead atoms. The first-order valence-corrected chi connectivity index (χ1v) is 10.3. The van der Waals surface area contributed by atoms with E-state index in [1.54, 1.807) is 13.8 Å². The van der Waals surface area contributed by atoms with Gasteiger partial charge in [0, 0.05) is 10.6 Å². The number of aromatic nitrogens is 2. The molecule has 0 amide bonds. The van der Waals surface area contributed by atoms with E-state index in [0.717, 1.165) is 10.6 Å². The number of rotatable bonds is 5. The first-order chi connectivity index (χ1) is 12.4. The average molecular weight is 392 g/mol. The van der Waals surface area contributed by atoms with Gasteiger partial charge in [-0.15, -0.1) is 11.3 Å². The molecule has 26 heavy (non-hydrogen) atoms. The van der Waals surface area contributed by atoms with Gasteiger partial charge in [0.1, 0.15) is 5.82 Å². The standard InChI is InChI=1S/C18H21N3O3S2/c1-5-25-18-20-15-14(16(22)21-18)13(11-7-6-8-26-11)12(10(4)19-15)17(23)24-9(2)3/h6-9,13H,5H2,1-4H3,(H2,19,20,21,22). The number of carbonyl (C=O) groups excluding carboxylic acids is 1. The van der Waals surface area contributed by atoms with E-state index in [2.05, 4.69) is 15.3 Å². The summed E-state index contributed by atoms with van der Waals surface area (Å²) in [5, 5.41) is 5.63. The molecule has 0 fully saturated rings. The molecule has 0 aromatic carbocycles. The number of fused-ring (bicyclic) bond motifs is 1. The Kier molecular flexibility index (Phi) is 5.52. The highest BCUT2D eigenvalue weighted by Gasteiger charge is 2.37. The number of thiophene rings is 1. The van der Waals surface area contributed by atoms with E-state index in [1.807, 2.05) is 31.4 Å². The quantitative estimate of drug-likeness (QED) is 0.459. The summed E-state index contributed by atoms with van der Waals surface area (Å²) in [6.45, 7) is 7.43. The van der Waals surface area contributed by atoms with Crippen molar-refractivity contribution in [3.05, 3.63) is 49.6 Å². The van der Waals surface area contributed by atoms with Crippen LogP contribution in [0, 0.1) is 0 Å². The van der Waals surface area contributed by atoms with Gasteiger partial charge >= 0.3 is 5.97 Å². The summed E-state index contributed by atoms with van der Waals surface area (Å²) in [7, 11) is 0. The number of H-pyrrole nitrogens is 1. The lowest BCUT2D eigenvalue weighted by Gasteiger charge is -2.28. The number of esters is 1. The third-order valence-electron chi connectivity index (χ3n) is 3.89. The van der Waals surface area contributed by atoms with Gasteiger partial charge in [0.2, 0.25) is 0 Å². The van der Waals surface area contributed by atoms with Gasteiger partial charge in [-0.05, 0) is 38.0 Å². The molecule has 6 nitrogen and oxygen atoms in total. The molecule has 0 saturated carbocycles. The van der Waals surface area contributed by atoms with Crippen molar-refractivity contribution in [3.8, 4) is 0 Å². The van der Waals surface area contributed by atoms with Crippen LogP contribution in [-0.2, 0) is 9.53 Å².